The molecule has 0 saturated heterocycles. The van der Waals surface area contributed by atoms with Crippen molar-refractivity contribution < 1.29 is 14.0 Å². The van der Waals surface area contributed by atoms with Crippen LogP contribution in [0.4, 0.5) is 0 Å². The summed E-state index contributed by atoms with van der Waals surface area (Å²) in [7, 11) is -1.88. The lowest BCUT2D eigenvalue weighted by Gasteiger charge is -2.39. The smallest absolute Gasteiger partial charge is 0.192 e. The number of unbranched alkanes of at least 4 members (excludes halogenated alkanes) is 2. The highest BCUT2D eigenvalue weighted by atomic mass is 28.4. The van der Waals surface area contributed by atoms with Gasteiger partial charge in [-0.1, -0.05) is 64.2 Å². The molecule has 0 aromatic carbocycles. The van der Waals surface area contributed by atoms with Gasteiger partial charge in [0.15, 0.2) is 14.1 Å². The minimum absolute atomic E-state index is 0.106. The van der Waals surface area contributed by atoms with Crippen molar-refractivity contribution in [1.82, 2.24) is 0 Å². The van der Waals surface area contributed by atoms with Crippen molar-refractivity contribution in [2.75, 3.05) is 0 Å². The normalized spacial score (nSPS) is 20.1. The SMILES string of the molecule is CC/C=C\C[C@H](C/C=C1/C(=O)C=C[C@H]1C/C=C\CCCC=O)O[Si](C)(C)C(C)(C)C. The largest absolute Gasteiger partial charge is 0.413 e. The Morgan fingerprint density at radius 1 is 1.10 bits per heavy atom. The third-order valence-corrected chi connectivity index (χ3v) is 10.6. The summed E-state index contributed by atoms with van der Waals surface area (Å²) in [5.74, 6) is 0.282. The molecular formula is C26H42O3Si. The van der Waals surface area contributed by atoms with Gasteiger partial charge in [-0.15, -0.1) is 0 Å². The Morgan fingerprint density at radius 2 is 1.83 bits per heavy atom. The number of aldehydes is 1. The lowest BCUT2D eigenvalue weighted by Crippen LogP contribution is -2.43. The van der Waals surface area contributed by atoms with Crippen LogP contribution in [0.3, 0.4) is 0 Å². The third-order valence-electron chi connectivity index (χ3n) is 6.08. The van der Waals surface area contributed by atoms with Crippen molar-refractivity contribution in [3.8, 4) is 0 Å². The first-order valence-corrected chi connectivity index (χ1v) is 14.4. The predicted octanol–water partition coefficient (Wildman–Crippen LogP) is 7.12. The van der Waals surface area contributed by atoms with Gasteiger partial charge in [0.25, 0.3) is 0 Å². The van der Waals surface area contributed by atoms with Gasteiger partial charge in [0.05, 0.1) is 6.10 Å². The first-order chi connectivity index (χ1) is 14.1. The molecule has 3 nitrogen and oxygen atoms in total. The van der Waals surface area contributed by atoms with E-state index in [-0.39, 0.29) is 22.8 Å². The van der Waals surface area contributed by atoms with E-state index in [1.165, 1.54) is 0 Å². The number of hydrogen-bond acceptors (Lipinski definition) is 3. The first kappa shape index (κ1) is 26.5. The van der Waals surface area contributed by atoms with E-state index in [9.17, 15) is 9.59 Å². The minimum atomic E-state index is -1.88. The maximum absolute atomic E-state index is 12.4. The lowest BCUT2D eigenvalue weighted by atomic mass is 9.96. The summed E-state index contributed by atoms with van der Waals surface area (Å²) in [6.07, 6.45) is 21.5. The molecule has 4 heteroatoms. The van der Waals surface area contributed by atoms with Crippen LogP contribution in [0.15, 0.2) is 48.1 Å². The second-order valence-electron chi connectivity index (χ2n) is 9.65. The Morgan fingerprint density at radius 3 is 2.47 bits per heavy atom. The molecule has 1 aliphatic rings. The molecule has 0 aromatic heterocycles. The Bertz CT molecular complexity index is 662. The van der Waals surface area contributed by atoms with Crippen LogP contribution in [-0.4, -0.2) is 26.5 Å². The van der Waals surface area contributed by atoms with Crippen LogP contribution in [0.1, 0.15) is 72.6 Å². The lowest BCUT2D eigenvalue weighted by molar-refractivity contribution is -0.111. The maximum Gasteiger partial charge on any atom is 0.192 e. The van der Waals surface area contributed by atoms with Crippen LogP contribution in [0.25, 0.3) is 0 Å². The van der Waals surface area contributed by atoms with Crippen molar-refractivity contribution in [3.63, 3.8) is 0 Å². The molecule has 1 rings (SSSR count). The highest BCUT2D eigenvalue weighted by Gasteiger charge is 2.38. The topological polar surface area (TPSA) is 43.4 Å². The van der Waals surface area contributed by atoms with Crippen molar-refractivity contribution in [2.24, 2.45) is 5.92 Å². The van der Waals surface area contributed by atoms with Gasteiger partial charge in [0, 0.05) is 17.9 Å². The van der Waals surface area contributed by atoms with Gasteiger partial charge < -0.3 is 9.22 Å². The second kappa shape index (κ2) is 13.0. The van der Waals surface area contributed by atoms with E-state index in [1.54, 1.807) is 6.08 Å². The zero-order chi connectivity index (χ0) is 22.6. The number of carbonyl (C=O) groups is 2. The molecule has 0 N–H and O–H groups in total. The fraction of sp³-hybridized carbons (Fsp3) is 0.615. The monoisotopic (exact) mass is 430 g/mol. The molecule has 0 radical (unpaired) electrons. The molecule has 0 aliphatic heterocycles. The highest BCUT2D eigenvalue weighted by Crippen LogP contribution is 2.38. The molecule has 2 atom stereocenters. The number of carbonyl (C=O) groups excluding carboxylic acids is 2. The van der Waals surface area contributed by atoms with Crippen molar-refractivity contribution in [2.45, 2.75) is 96.9 Å². The van der Waals surface area contributed by atoms with E-state index >= 15 is 0 Å². The third kappa shape index (κ3) is 9.09. The molecule has 0 bridgehead atoms. The molecule has 1 aliphatic carbocycles. The highest BCUT2D eigenvalue weighted by molar-refractivity contribution is 6.74. The van der Waals surface area contributed by atoms with Crippen molar-refractivity contribution >= 4 is 20.4 Å². The Hall–Kier alpha value is -1.52. The molecule has 0 spiro atoms. The van der Waals surface area contributed by atoms with E-state index < -0.39 is 8.32 Å². The number of ketones is 1. The Kier molecular flexibility index (Phi) is 11.5. The average Bonchev–Trinajstić information content (AvgIpc) is 3.01. The van der Waals surface area contributed by atoms with Gasteiger partial charge in [-0.05, 0) is 62.7 Å². The zero-order valence-electron chi connectivity index (χ0n) is 19.9. The van der Waals surface area contributed by atoms with E-state index in [1.807, 2.05) is 6.08 Å². The quantitative estimate of drug-likeness (QED) is 0.103. The molecule has 0 aromatic rings. The molecule has 168 valence electrons. The van der Waals surface area contributed by atoms with Gasteiger partial charge in [0.1, 0.15) is 6.29 Å². The summed E-state index contributed by atoms with van der Waals surface area (Å²) in [4.78, 5) is 22.8. The summed E-state index contributed by atoms with van der Waals surface area (Å²) >= 11 is 0. The van der Waals surface area contributed by atoms with Gasteiger partial charge in [-0.3, -0.25) is 4.79 Å². The Labute approximate surface area is 185 Å². The minimum Gasteiger partial charge on any atom is -0.413 e. The van der Waals surface area contributed by atoms with Crippen LogP contribution < -0.4 is 0 Å². The Balaban J connectivity index is 2.81. The van der Waals surface area contributed by atoms with Gasteiger partial charge in [-0.2, -0.15) is 0 Å². The van der Waals surface area contributed by atoms with Gasteiger partial charge in [-0.25, -0.2) is 0 Å². The predicted molar refractivity (Wildman–Crippen MR) is 130 cm³/mol. The number of allylic oxidation sites excluding steroid dienone is 6. The molecular weight excluding hydrogens is 388 g/mol. The average molecular weight is 431 g/mol. The maximum atomic E-state index is 12.4. The second-order valence-corrected chi connectivity index (χ2v) is 14.4. The molecule has 0 fully saturated rings. The van der Waals surface area contributed by atoms with E-state index in [0.717, 1.165) is 50.4 Å². The van der Waals surface area contributed by atoms with Crippen molar-refractivity contribution in [3.05, 3.63) is 48.1 Å². The molecule has 0 heterocycles. The van der Waals surface area contributed by atoms with Crippen LogP contribution >= 0.6 is 0 Å². The summed E-state index contributed by atoms with van der Waals surface area (Å²) in [5, 5.41) is 0.161. The number of rotatable bonds is 13. The summed E-state index contributed by atoms with van der Waals surface area (Å²) in [6, 6.07) is 0. The summed E-state index contributed by atoms with van der Waals surface area (Å²) < 4.78 is 6.68. The van der Waals surface area contributed by atoms with Crippen LogP contribution in [0.5, 0.6) is 0 Å². The van der Waals surface area contributed by atoms with Crippen LogP contribution in [0.2, 0.25) is 18.1 Å². The molecule has 0 unspecified atom stereocenters. The van der Waals surface area contributed by atoms with Gasteiger partial charge in [0.2, 0.25) is 0 Å². The van der Waals surface area contributed by atoms with Crippen molar-refractivity contribution in [1.29, 1.82) is 0 Å². The van der Waals surface area contributed by atoms with Crippen LogP contribution in [0, 0.1) is 5.92 Å². The van der Waals surface area contributed by atoms with Crippen LogP contribution in [-0.2, 0) is 14.0 Å². The standard InChI is InChI=1S/C26H42O3Si/c1-7-8-12-16-23(29-30(5,6)26(2,3)4)18-19-24-22(17-20-25(24)28)15-13-10-9-11-14-21-27/h8,10,12-13,17,19-23H,7,9,11,14-16,18H2,1-6H3/b12-8-,13-10-,24-19+/t22-,23-/m1/s1. The van der Waals surface area contributed by atoms with E-state index in [4.69, 9.17) is 4.43 Å². The van der Waals surface area contributed by atoms with E-state index in [0.29, 0.717) is 6.42 Å². The summed E-state index contributed by atoms with van der Waals surface area (Å²) in [6.45, 7) is 13.5. The first-order valence-electron chi connectivity index (χ1n) is 11.5. The molecule has 30 heavy (non-hydrogen) atoms. The fourth-order valence-electron chi connectivity index (χ4n) is 3.18. The van der Waals surface area contributed by atoms with E-state index in [2.05, 4.69) is 71.2 Å². The zero-order valence-corrected chi connectivity index (χ0v) is 20.9. The number of hydrogen-bond donors (Lipinski definition) is 0. The summed E-state index contributed by atoms with van der Waals surface area (Å²) in [5.41, 5.74) is 0.899. The molecule has 0 saturated carbocycles. The fourth-order valence-corrected chi connectivity index (χ4v) is 4.56. The van der Waals surface area contributed by atoms with Gasteiger partial charge >= 0.3 is 0 Å². The molecule has 0 amide bonds.